The third kappa shape index (κ3) is 4.24. The first-order chi connectivity index (χ1) is 6.58. The predicted molar refractivity (Wildman–Crippen MR) is 62.2 cm³/mol. The molecule has 0 fully saturated rings. The van der Waals surface area contributed by atoms with Crippen LogP contribution in [0, 0.1) is 12.8 Å². The van der Waals surface area contributed by atoms with Gasteiger partial charge in [-0.15, -0.1) is 21.8 Å². The molecular weight excluding hydrogens is 218 g/mol. The first kappa shape index (κ1) is 11.7. The normalized spacial score (nSPS) is 13.2. The fraction of sp³-hybridized carbons (Fsp3) is 0.778. The zero-order valence-corrected chi connectivity index (χ0v) is 10.3. The number of hydrogen-bond donors (Lipinski definition) is 1. The number of anilines is 1. The highest BCUT2D eigenvalue weighted by Crippen LogP contribution is 2.16. The molecule has 1 N–H and O–H groups in total. The second-order valence-corrected chi connectivity index (χ2v) is 5.53. The number of nitrogens with zero attached hydrogens (tertiary/aromatic N) is 2. The monoisotopic (exact) mass is 233 g/mol. The van der Waals surface area contributed by atoms with E-state index in [1.807, 2.05) is 6.92 Å². The summed E-state index contributed by atoms with van der Waals surface area (Å²) in [7, 11) is 0. The molecule has 1 aromatic rings. The number of nitrogens with one attached hydrogen (secondary N) is 1. The van der Waals surface area contributed by atoms with Gasteiger partial charge in [0.2, 0.25) is 5.13 Å². The van der Waals surface area contributed by atoms with Crippen molar-refractivity contribution >= 4 is 28.1 Å². The maximum atomic E-state index is 6.13. The molecule has 1 heterocycles. The van der Waals surface area contributed by atoms with Gasteiger partial charge >= 0.3 is 0 Å². The quantitative estimate of drug-likeness (QED) is 0.795. The van der Waals surface area contributed by atoms with Crippen LogP contribution in [0.2, 0.25) is 0 Å². The van der Waals surface area contributed by atoms with Gasteiger partial charge in [0.25, 0.3) is 0 Å². The summed E-state index contributed by atoms with van der Waals surface area (Å²) in [5, 5.41) is 13.1. The van der Waals surface area contributed by atoms with Gasteiger partial charge in [-0.1, -0.05) is 25.2 Å². The molecule has 0 aromatic carbocycles. The van der Waals surface area contributed by atoms with Gasteiger partial charge in [-0.05, 0) is 19.3 Å². The average molecular weight is 234 g/mol. The van der Waals surface area contributed by atoms with Crippen molar-refractivity contribution in [3.05, 3.63) is 5.01 Å². The molecule has 0 saturated carbocycles. The van der Waals surface area contributed by atoms with E-state index < -0.39 is 0 Å². The molecule has 1 atom stereocenters. The summed E-state index contributed by atoms with van der Waals surface area (Å²) in [5.41, 5.74) is 0. The van der Waals surface area contributed by atoms with Crippen LogP contribution in [0.3, 0.4) is 0 Å². The van der Waals surface area contributed by atoms with Gasteiger partial charge in [-0.3, -0.25) is 0 Å². The first-order valence-corrected chi connectivity index (χ1v) is 6.01. The smallest absolute Gasteiger partial charge is 0.205 e. The van der Waals surface area contributed by atoms with Crippen LogP contribution in [0.1, 0.15) is 25.3 Å². The summed E-state index contributed by atoms with van der Waals surface area (Å²) >= 11 is 7.68. The Bertz CT molecular complexity index is 275. The van der Waals surface area contributed by atoms with Crippen LogP contribution < -0.4 is 5.32 Å². The topological polar surface area (TPSA) is 37.8 Å². The molecule has 0 aliphatic carbocycles. The van der Waals surface area contributed by atoms with Crippen LogP contribution in [0.4, 0.5) is 5.13 Å². The predicted octanol–water partition coefficient (Wildman–Crippen LogP) is 2.91. The van der Waals surface area contributed by atoms with Gasteiger partial charge in [0, 0.05) is 6.54 Å². The maximum absolute atomic E-state index is 6.13. The molecule has 3 nitrogen and oxygen atoms in total. The number of aromatic nitrogens is 2. The molecule has 1 unspecified atom stereocenters. The van der Waals surface area contributed by atoms with E-state index in [1.165, 1.54) is 0 Å². The Morgan fingerprint density at radius 2 is 2.14 bits per heavy atom. The van der Waals surface area contributed by atoms with Crippen LogP contribution in [-0.4, -0.2) is 22.1 Å². The van der Waals surface area contributed by atoms with Gasteiger partial charge < -0.3 is 5.32 Å². The Balaban J connectivity index is 2.26. The van der Waals surface area contributed by atoms with Gasteiger partial charge in [0.15, 0.2) is 0 Å². The Morgan fingerprint density at radius 1 is 1.43 bits per heavy atom. The second-order valence-electron chi connectivity index (χ2n) is 3.73. The number of hydrogen-bond acceptors (Lipinski definition) is 4. The molecule has 14 heavy (non-hydrogen) atoms. The van der Waals surface area contributed by atoms with Crippen LogP contribution in [-0.2, 0) is 0 Å². The fourth-order valence-electron chi connectivity index (χ4n) is 1.16. The molecule has 0 aliphatic heterocycles. The van der Waals surface area contributed by atoms with Crippen LogP contribution >= 0.6 is 22.9 Å². The third-order valence-electron chi connectivity index (χ3n) is 1.73. The van der Waals surface area contributed by atoms with E-state index in [2.05, 4.69) is 29.4 Å². The van der Waals surface area contributed by atoms with Crippen LogP contribution in [0.5, 0.6) is 0 Å². The molecular formula is C9H16ClN3S. The molecule has 1 rings (SSSR count). The van der Waals surface area contributed by atoms with Crippen molar-refractivity contribution in [2.24, 2.45) is 5.92 Å². The molecule has 0 bridgehead atoms. The van der Waals surface area contributed by atoms with Crippen LogP contribution in [0.25, 0.3) is 0 Å². The van der Waals surface area contributed by atoms with Crippen molar-refractivity contribution in [1.82, 2.24) is 10.2 Å². The molecule has 1 aromatic heterocycles. The van der Waals surface area contributed by atoms with Crippen molar-refractivity contribution < 1.29 is 0 Å². The summed E-state index contributed by atoms with van der Waals surface area (Å²) in [4.78, 5) is 0. The minimum atomic E-state index is 0.166. The van der Waals surface area contributed by atoms with E-state index in [1.54, 1.807) is 11.3 Å². The summed E-state index contributed by atoms with van der Waals surface area (Å²) in [6.45, 7) is 7.04. The van der Waals surface area contributed by atoms with Crippen molar-refractivity contribution in [2.45, 2.75) is 32.6 Å². The molecule has 0 aliphatic rings. The number of rotatable bonds is 5. The number of aryl methyl sites for hydroxylation is 1. The molecule has 0 radical (unpaired) electrons. The summed E-state index contributed by atoms with van der Waals surface area (Å²) in [6.07, 6.45) is 1.02. The van der Waals surface area contributed by atoms with E-state index in [0.717, 1.165) is 23.1 Å². The van der Waals surface area contributed by atoms with E-state index in [0.29, 0.717) is 5.92 Å². The van der Waals surface area contributed by atoms with Gasteiger partial charge in [0.05, 0.1) is 5.38 Å². The minimum absolute atomic E-state index is 0.166. The van der Waals surface area contributed by atoms with Crippen molar-refractivity contribution in [2.75, 3.05) is 11.9 Å². The lowest BCUT2D eigenvalue weighted by molar-refractivity contribution is 0.572. The lowest BCUT2D eigenvalue weighted by Gasteiger charge is -2.11. The van der Waals surface area contributed by atoms with Crippen LogP contribution in [0.15, 0.2) is 0 Å². The lowest BCUT2D eigenvalue weighted by atomic mass is 10.1. The zero-order valence-electron chi connectivity index (χ0n) is 8.75. The van der Waals surface area contributed by atoms with E-state index in [-0.39, 0.29) is 5.38 Å². The highest BCUT2D eigenvalue weighted by molar-refractivity contribution is 7.15. The molecule has 0 saturated heterocycles. The number of halogens is 1. The van der Waals surface area contributed by atoms with Crippen molar-refractivity contribution in [3.63, 3.8) is 0 Å². The summed E-state index contributed by atoms with van der Waals surface area (Å²) in [6, 6.07) is 0. The standard InChI is InChI=1S/C9H16ClN3S/c1-6(2)4-8(10)5-11-9-13-12-7(3)14-9/h6,8H,4-5H2,1-3H3,(H,11,13). The van der Waals surface area contributed by atoms with E-state index in [4.69, 9.17) is 11.6 Å². The molecule has 80 valence electrons. The molecule has 5 heteroatoms. The lowest BCUT2D eigenvalue weighted by Crippen LogP contribution is -2.16. The van der Waals surface area contributed by atoms with Gasteiger partial charge in [-0.25, -0.2) is 0 Å². The third-order valence-corrected chi connectivity index (χ3v) is 2.86. The first-order valence-electron chi connectivity index (χ1n) is 4.76. The average Bonchev–Trinajstić information content (AvgIpc) is 2.47. The second kappa shape index (κ2) is 5.51. The maximum Gasteiger partial charge on any atom is 0.205 e. The fourth-order valence-corrected chi connectivity index (χ4v) is 2.19. The van der Waals surface area contributed by atoms with Gasteiger partial charge in [-0.2, -0.15) is 0 Å². The summed E-state index contributed by atoms with van der Waals surface area (Å²) in [5.74, 6) is 0.635. The Morgan fingerprint density at radius 3 is 2.64 bits per heavy atom. The van der Waals surface area contributed by atoms with E-state index >= 15 is 0 Å². The van der Waals surface area contributed by atoms with E-state index in [9.17, 15) is 0 Å². The molecule has 0 amide bonds. The highest BCUT2D eigenvalue weighted by Gasteiger charge is 2.08. The number of alkyl halides is 1. The molecule has 0 spiro atoms. The Hall–Kier alpha value is -0.350. The summed E-state index contributed by atoms with van der Waals surface area (Å²) < 4.78 is 0. The van der Waals surface area contributed by atoms with Gasteiger partial charge in [0.1, 0.15) is 5.01 Å². The van der Waals surface area contributed by atoms with Crippen molar-refractivity contribution in [1.29, 1.82) is 0 Å². The Labute approximate surface area is 93.9 Å². The Kier molecular flexibility index (Phi) is 4.62. The zero-order chi connectivity index (χ0) is 10.6. The SMILES string of the molecule is Cc1nnc(NCC(Cl)CC(C)C)s1. The van der Waals surface area contributed by atoms with Crippen molar-refractivity contribution in [3.8, 4) is 0 Å². The minimum Gasteiger partial charge on any atom is -0.359 e. The largest absolute Gasteiger partial charge is 0.359 e. The highest BCUT2D eigenvalue weighted by atomic mass is 35.5.